The highest BCUT2D eigenvalue weighted by Gasteiger charge is 2.46. The van der Waals surface area contributed by atoms with Gasteiger partial charge in [0.05, 0.1) is 5.41 Å². The van der Waals surface area contributed by atoms with Crippen molar-refractivity contribution in [2.45, 2.75) is 32.2 Å². The number of hydrogen-bond donors (Lipinski definition) is 1. The molecule has 6 heteroatoms. The zero-order valence-corrected chi connectivity index (χ0v) is 14.1. The maximum atomic E-state index is 12.2. The third-order valence-electron chi connectivity index (χ3n) is 4.10. The van der Waals surface area contributed by atoms with Gasteiger partial charge in [0.2, 0.25) is 5.91 Å². The Kier molecular flexibility index (Phi) is 4.94. The lowest BCUT2D eigenvalue weighted by Crippen LogP contribution is -2.42. The number of carboxylic acid groups (broad SMARTS) is 1. The molecule has 0 saturated heterocycles. The summed E-state index contributed by atoms with van der Waals surface area (Å²) in [7, 11) is 1.68. The van der Waals surface area contributed by atoms with Gasteiger partial charge in [-0.25, -0.2) is 0 Å². The molecular formula is C15H17BrClNO3. The Hall–Kier alpha value is -1.07. The van der Waals surface area contributed by atoms with Gasteiger partial charge in [0, 0.05) is 29.5 Å². The molecule has 0 atom stereocenters. The van der Waals surface area contributed by atoms with Crippen molar-refractivity contribution in [3.05, 3.63) is 33.3 Å². The van der Waals surface area contributed by atoms with Gasteiger partial charge in [-0.1, -0.05) is 40.0 Å². The van der Waals surface area contributed by atoms with Gasteiger partial charge >= 0.3 is 5.97 Å². The number of halogens is 2. The van der Waals surface area contributed by atoms with Crippen molar-refractivity contribution >= 4 is 39.4 Å². The average Bonchev–Trinajstić information content (AvgIpc) is 2.36. The van der Waals surface area contributed by atoms with Gasteiger partial charge in [0.1, 0.15) is 0 Å². The molecular weight excluding hydrogens is 358 g/mol. The molecule has 0 unspecified atom stereocenters. The third kappa shape index (κ3) is 3.58. The Morgan fingerprint density at radius 2 is 2.10 bits per heavy atom. The summed E-state index contributed by atoms with van der Waals surface area (Å²) in [6, 6.07) is 5.50. The van der Waals surface area contributed by atoms with Gasteiger partial charge in [-0.2, -0.15) is 0 Å². The number of carbonyl (C=O) groups is 2. The summed E-state index contributed by atoms with van der Waals surface area (Å²) in [5, 5.41) is 9.87. The van der Waals surface area contributed by atoms with E-state index in [9.17, 15) is 14.7 Å². The van der Waals surface area contributed by atoms with Gasteiger partial charge in [-0.3, -0.25) is 9.59 Å². The number of aliphatic carboxylic acids is 1. The Labute approximate surface area is 137 Å². The van der Waals surface area contributed by atoms with Crippen LogP contribution in [0.4, 0.5) is 0 Å². The number of hydrogen-bond acceptors (Lipinski definition) is 2. The first-order chi connectivity index (χ1) is 9.84. The van der Waals surface area contributed by atoms with Gasteiger partial charge in [0.15, 0.2) is 0 Å². The van der Waals surface area contributed by atoms with Crippen molar-refractivity contribution in [2.75, 3.05) is 7.05 Å². The Morgan fingerprint density at radius 1 is 1.43 bits per heavy atom. The molecule has 1 aliphatic rings. The first-order valence-electron chi connectivity index (χ1n) is 6.75. The van der Waals surface area contributed by atoms with Crippen molar-refractivity contribution in [1.29, 1.82) is 0 Å². The number of carbonyl (C=O) groups excluding carboxylic acids is 1. The smallest absolute Gasteiger partial charge is 0.310 e. The van der Waals surface area contributed by atoms with Crippen LogP contribution in [0.1, 0.15) is 31.2 Å². The van der Waals surface area contributed by atoms with E-state index in [-0.39, 0.29) is 12.3 Å². The minimum Gasteiger partial charge on any atom is -0.481 e. The van der Waals surface area contributed by atoms with Gasteiger partial charge < -0.3 is 10.0 Å². The van der Waals surface area contributed by atoms with Crippen molar-refractivity contribution in [2.24, 2.45) is 5.41 Å². The summed E-state index contributed by atoms with van der Waals surface area (Å²) in [6.45, 7) is 0.376. The van der Waals surface area contributed by atoms with Crippen molar-refractivity contribution in [3.63, 3.8) is 0 Å². The molecule has 1 amide bonds. The van der Waals surface area contributed by atoms with E-state index in [0.29, 0.717) is 24.4 Å². The first kappa shape index (κ1) is 16.3. The van der Waals surface area contributed by atoms with Crippen LogP contribution in [0.15, 0.2) is 22.7 Å². The molecule has 0 aliphatic heterocycles. The lowest BCUT2D eigenvalue weighted by Gasteiger charge is -2.38. The molecule has 1 aromatic carbocycles. The highest BCUT2D eigenvalue weighted by atomic mass is 79.9. The number of amides is 1. The summed E-state index contributed by atoms with van der Waals surface area (Å²) < 4.78 is 0.879. The number of rotatable bonds is 5. The molecule has 1 N–H and O–H groups in total. The van der Waals surface area contributed by atoms with E-state index in [4.69, 9.17) is 11.6 Å². The van der Waals surface area contributed by atoms with E-state index in [2.05, 4.69) is 15.9 Å². The second-order valence-electron chi connectivity index (χ2n) is 5.60. The molecule has 1 aromatic rings. The van der Waals surface area contributed by atoms with Crippen LogP contribution in [0.3, 0.4) is 0 Å². The third-order valence-corrected chi connectivity index (χ3v) is 4.95. The Bertz CT molecular complexity index is 572. The van der Waals surface area contributed by atoms with Crippen molar-refractivity contribution in [1.82, 2.24) is 4.90 Å². The lowest BCUT2D eigenvalue weighted by molar-refractivity contribution is -0.159. The van der Waals surface area contributed by atoms with Gasteiger partial charge in [-0.05, 0) is 30.5 Å². The van der Waals surface area contributed by atoms with Crippen LogP contribution in [0.5, 0.6) is 0 Å². The van der Waals surface area contributed by atoms with E-state index in [1.165, 1.54) is 4.90 Å². The number of nitrogens with zero attached hydrogens (tertiary/aromatic N) is 1. The van der Waals surface area contributed by atoms with Crippen LogP contribution in [-0.2, 0) is 16.1 Å². The minimum atomic E-state index is -0.864. The Morgan fingerprint density at radius 3 is 2.57 bits per heavy atom. The van der Waals surface area contributed by atoms with E-state index < -0.39 is 11.4 Å². The van der Waals surface area contributed by atoms with E-state index in [1.54, 1.807) is 13.1 Å². The number of benzene rings is 1. The molecule has 1 aliphatic carbocycles. The lowest BCUT2D eigenvalue weighted by atomic mass is 9.66. The molecule has 4 nitrogen and oxygen atoms in total. The predicted octanol–water partition coefficient (Wildman–Crippen LogP) is 3.71. The first-order valence-corrected chi connectivity index (χ1v) is 7.92. The fourth-order valence-corrected chi connectivity index (χ4v) is 3.22. The highest BCUT2D eigenvalue weighted by Crippen LogP contribution is 2.44. The SMILES string of the molecule is CN(Cc1ccc(Br)cc1Cl)C(=O)CC1(C(=O)O)CCC1. The fraction of sp³-hybridized carbons (Fsp3) is 0.467. The highest BCUT2D eigenvalue weighted by molar-refractivity contribution is 9.10. The van der Waals surface area contributed by atoms with Crippen LogP contribution < -0.4 is 0 Å². The predicted molar refractivity (Wildman–Crippen MR) is 84.2 cm³/mol. The van der Waals surface area contributed by atoms with Gasteiger partial charge in [-0.15, -0.1) is 0 Å². The molecule has 21 heavy (non-hydrogen) atoms. The molecule has 0 bridgehead atoms. The van der Waals surface area contributed by atoms with Crippen LogP contribution in [-0.4, -0.2) is 28.9 Å². The van der Waals surface area contributed by atoms with Crippen LogP contribution in [0, 0.1) is 5.41 Å². The molecule has 0 aromatic heterocycles. The molecule has 1 fully saturated rings. The largest absolute Gasteiger partial charge is 0.481 e. The molecule has 0 radical (unpaired) electrons. The maximum absolute atomic E-state index is 12.2. The second kappa shape index (κ2) is 6.36. The standard InChI is InChI=1S/C15H17BrClNO3/c1-18(9-10-3-4-11(16)7-12(10)17)13(19)8-15(14(20)21)5-2-6-15/h3-4,7H,2,5-6,8-9H2,1H3,(H,20,21). The molecule has 114 valence electrons. The normalized spacial score (nSPS) is 16.1. The topological polar surface area (TPSA) is 57.6 Å². The molecule has 0 spiro atoms. The molecule has 2 rings (SSSR count). The molecule has 1 saturated carbocycles. The van der Waals surface area contributed by atoms with Crippen LogP contribution in [0.25, 0.3) is 0 Å². The monoisotopic (exact) mass is 373 g/mol. The fourth-order valence-electron chi connectivity index (χ4n) is 2.49. The van der Waals surface area contributed by atoms with Crippen molar-refractivity contribution in [3.8, 4) is 0 Å². The number of carboxylic acids is 1. The zero-order chi connectivity index (χ0) is 15.6. The quantitative estimate of drug-likeness (QED) is 0.855. The summed E-state index contributed by atoms with van der Waals surface area (Å²) in [4.78, 5) is 25.1. The maximum Gasteiger partial charge on any atom is 0.310 e. The van der Waals surface area contributed by atoms with Crippen LogP contribution in [0.2, 0.25) is 5.02 Å². The molecule has 0 heterocycles. The summed E-state index contributed by atoms with van der Waals surface area (Å²) >= 11 is 9.47. The minimum absolute atomic E-state index is 0.0625. The van der Waals surface area contributed by atoms with Gasteiger partial charge in [0.25, 0.3) is 0 Å². The summed E-state index contributed by atoms with van der Waals surface area (Å²) in [6.07, 6.45) is 2.11. The summed E-state index contributed by atoms with van der Waals surface area (Å²) in [5.74, 6) is -1.02. The second-order valence-corrected chi connectivity index (χ2v) is 6.92. The van der Waals surface area contributed by atoms with E-state index in [1.807, 2.05) is 12.1 Å². The van der Waals surface area contributed by atoms with Crippen LogP contribution >= 0.6 is 27.5 Å². The van der Waals surface area contributed by atoms with Crippen molar-refractivity contribution < 1.29 is 14.7 Å². The summed E-state index contributed by atoms with van der Waals surface area (Å²) in [5.41, 5.74) is -0.0109. The van der Waals surface area contributed by atoms with E-state index in [0.717, 1.165) is 16.5 Å². The average molecular weight is 375 g/mol. The Balaban J connectivity index is 2.01. The van der Waals surface area contributed by atoms with E-state index >= 15 is 0 Å². The zero-order valence-electron chi connectivity index (χ0n) is 11.7.